The van der Waals surface area contributed by atoms with E-state index in [9.17, 15) is 0 Å². The molecule has 162 valence electrons. The smallest absolute Gasteiger partial charge is 0.174 e. The van der Waals surface area contributed by atoms with Gasteiger partial charge in [-0.3, -0.25) is 0 Å². The minimum atomic E-state index is -0.328. The largest absolute Gasteiger partial charge is 0.493 e. The number of aryl methyl sites for hydroxylation is 2. The first-order chi connectivity index (χ1) is 14.5. The Kier molecular flexibility index (Phi) is 7.12. The van der Waals surface area contributed by atoms with Gasteiger partial charge in [0.2, 0.25) is 0 Å². The van der Waals surface area contributed by atoms with Gasteiger partial charge in [0.1, 0.15) is 5.82 Å². The highest BCUT2D eigenvalue weighted by atomic mass is 16.7. The topological polar surface area (TPSA) is 79.1 Å². The summed E-state index contributed by atoms with van der Waals surface area (Å²) in [6, 6.07) is 7.79. The molecule has 0 unspecified atom stereocenters. The molecule has 3 rings (SSSR count). The van der Waals surface area contributed by atoms with Crippen LogP contribution in [0.5, 0.6) is 11.5 Å². The highest BCUT2D eigenvalue weighted by molar-refractivity contribution is 5.82. The maximum Gasteiger partial charge on any atom is 0.174 e. The van der Waals surface area contributed by atoms with E-state index in [4.69, 9.17) is 29.0 Å². The monoisotopic (exact) mass is 414 g/mol. The number of methoxy groups -OCH3 is 2. The lowest BCUT2D eigenvalue weighted by molar-refractivity contribution is -0.126. The zero-order valence-corrected chi connectivity index (χ0v) is 18.5. The van der Waals surface area contributed by atoms with E-state index in [2.05, 4.69) is 5.32 Å². The standard InChI is InChI=1S/C22H30N4O4/c1-7-29-20(30-8-2)13-23-19-11-14(3)24-22-21(15(4)25-26(19)22)16-9-10-17(27-5)18(12-16)28-6/h9-12,20,23H,7-8,13H2,1-6H3. The van der Waals surface area contributed by atoms with Gasteiger partial charge in [0, 0.05) is 30.5 Å². The zero-order valence-electron chi connectivity index (χ0n) is 18.5. The molecule has 2 aromatic heterocycles. The van der Waals surface area contributed by atoms with Crippen molar-refractivity contribution in [3.63, 3.8) is 0 Å². The Morgan fingerprint density at radius 2 is 1.70 bits per heavy atom. The van der Waals surface area contributed by atoms with Crippen LogP contribution in [-0.4, -0.2) is 54.9 Å². The van der Waals surface area contributed by atoms with E-state index in [1.807, 2.05) is 56.5 Å². The molecular formula is C22H30N4O4. The maximum atomic E-state index is 5.64. The van der Waals surface area contributed by atoms with Crippen molar-refractivity contribution in [3.05, 3.63) is 35.7 Å². The third-order valence-electron chi connectivity index (χ3n) is 4.72. The molecule has 0 fully saturated rings. The normalized spacial score (nSPS) is 11.3. The second-order valence-electron chi connectivity index (χ2n) is 6.77. The first kappa shape index (κ1) is 21.9. The molecule has 8 heteroatoms. The maximum absolute atomic E-state index is 5.64. The molecule has 8 nitrogen and oxygen atoms in total. The molecule has 0 saturated carbocycles. The zero-order chi connectivity index (χ0) is 21.7. The number of benzene rings is 1. The van der Waals surface area contributed by atoms with Crippen LogP contribution in [0.25, 0.3) is 16.8 Å². The number of anilines is 1. The van der Waals surface area contributed by atoms with E-state index in [1.165, 1.54) is 0 Å². The SMILES string of the molecule is CCOC(CNc1cc(C)nc2c(-c3ccc(OC)c(OC)c3)c(C)nn12)OCC. The minimum absolute atomic E-state index is 0.328. The van der Waals surface area contributed by atoms with Crippen LogP contribution in [0.1, 0.15) is 25.2 Å². The molecule has 0 aliphatic rings. The fourth-order valence-electron chi connectivity index (χ4n) is 3.43. The van der Waals surface area contributed by atoms with Crippen molar-refractivity contribution in [1.29, 1.82) is 0 Å². The molecule has 0 amide bonds. The summed E-state index contributed by atoms with van der Waals surface area (Å²) < 4.78 is 23.9. The van der Waals surface area contributed by atoms with E-state index in [1.54, 1.807) is 14.2 Å². The fraction of sp³-hybridized carbons (Fsp3) is 0.455. The Hall–Kier alpha value is -2.84. The molecule has 0 radical (unpaired) electrons. The number of hydrogen-bond acceptors (Lipinski definition) is 7. The quantitative estimate of drug-likeness (QED) is 0.505. The van der Waals surface area contributed by atoms with Crippen LogP contribution in [0.4, 0.5) is 5.82 Å². The second-order valence-corrected chi connectivity index (χ2v) is 6.77. The predicted octanol–water partition coefficient (Wildman–Crippen LogP) is 3.84. The van der Waals surface area contributed by atoms with Crippen molar-refractivity contribution in [2.75, 3.05) is 39.3 Å². The number of fused-ring (bicyclic) bond motifs is 1. The Balaban J connectivity index is 2.02. The molecule has 2 heterocycles. The van der Waals surface area contributed by atoms with Crippen LogP contribution in [0, 0.1) is 13.8 Å². The van der Waals surface area contributed by atoms with Crippen molar-refractivity contribution in [2.45, 2.75) is 34.0 Å². The van der Waals surface area contributed by atoms with Gasteiger partial charge in [-0.15, -0.1) is 0 Å². The summed E-state index contributed by atoms with van der Waals surface area (Å²) >= 11 is 0. The number of nitrogens with one attached hydrogen (secondary N) is 1. The number of aromatic nitrogens is 3. The summed E-state index contributed by atoms with van der Waals surface area (Å²) in [5, 5.41) is 8.13. The van der Waals surface area contributed by atoms with Gasteiger partial charge in [0.15, 0.2) is 23.4 Å². The third-order valence-corrected chi connectivity index (χ3v) is 4.72. The summed E-state index contributed by atoms with van der Waals surface area (Å²) in [6.45, 7) is 9.52. The Morgan fingerprint density at radius 1 is 1.00 bits per heavy atom. The first-order valence-electron chi connectivity index (χ1n) is 10.1. The van der Waals surface area contributed by atoms with E-state index in [0.29, 0.717) is 31.3 Å². The van der Waals surface area contributed by atoms with Gasteiger partial charge < -0.3 is 24.3 Å². The van der Waals surface area contributed by atoms with Crippen molar-refractivity contribution in [1.82, 2.24) is 14.6 Å². The third kappa shape index (κ3) is 4.49. The molecule has 30 heavy (non-hydrogen) atoms. The van der Waals surface area contributed by atoms with E-state index in [0.717, 1.165) is 34.0 Å². The summed E-state index contributed by atoms with van der Waals surface area (Å²) in [5.74, 6) is 2.17. The molecule has 0 spiro atoms. The minimum Gasteiger partial charge on any atom is -0.493 e. The summed E-state index contributed by atoms with van der Waals surface area (Å²) in [4.78, 5) is 4.76. The Bertz CT molecular complexity index is 996. The molecule has 0 bridgehead atoms. The van der Waals surface area contributed by atoms with Crippen LogP contribution < -0.4 is 14.8 Å². The van der Waals surface area contributed by atoms with Crippen LogP contribution >= 0.6 is 0 Å². The summed E-state index contributed by atoms with van der Waals surface area (Å²) in [7, 11) is 3.25. The number of nitrogens with zero attached hydrogens (tertiary/aromatic N) is 3. The lowest BCUT2D eigenvalue weighted by Crippen LogP contribution is -2.27. The van der Waals surface area contributed by atoms with Gasteiger partial charge in [-0.1, -0.05) is 6.07 Å². The highest BCUT2D eigenvalue weighted by Gasteiger charge is 2.18. The average Bonchev–Trinajstić information content (AvgIpc) is 3.07. The molecule has 0 aliphatic heterocycles. The van der Waals surface area contributed by atoms with Crippen LogP contribution in [0.15, 0.2) is 24.3 Å². The Labute approximate surface area is 177 Å². The first-order valence-corrected chi connectivity index (χ1v) is 10.1. The number of rotatable bonds is 10. The molecule has 1 N–H and O–H groups in total. The summed E-state index contributed by atoms with van der Waals surface area (Å²) in [5.41, 5.74) is 4.44. The molecule has 1 aromatic carbocycles. The van der Waals surface area contributed by atoms with E-state index < -0.39 is 0 Å². The molecule has 0 atom stereocenters. The molecule has 0 saturated heterocycles. The molecule has 3 aromatic rings. The van der Waals surface area contributed by atoms with Gasteiger partial charge in [-0.05, 0) is 45.4 Å². The van der Waals surface area contributed by atoms with Gasteiger partial charge in [0.05, 0.1) is 26.5 Å². The fourth-order valence-corrected chi connectivity index (χ4v) is 3.43. The van der Waals surface area contributed by atoms with Gasteiger partial charge >= 0.3 is 0 Å². The van der Waals surface area contributed by atoms with Gasteiger partial charge in [-0.2, -0.15) is 9.61 Å². The van der Waals surface area contributed by atoms with Gasteiger partial charge in [-0.25, -0.2) is 4.98 Å². The van der Waals surface area contributed by atoms with E-state index in [-0.39, 0.29) is 6.29 Å². The number of ether oxygens (including phenoxy) is 4. The Morgan fingerprint density at radius 3 is 2.33 bits per heavy atom. The number of hydrogen-bond donors (Lipinski definition) is 1. The van der Waals surface area contributed by atoms with Crippen LogP contribution in [0.3, 0.4) is 0 Å². The van der Waals surface area contributed by atoms with Crippen molar-refractivity contribution in [3.8, 4) is 22.6 Å². The van der Waals surface area contributed by atoms with Crippen molar-refractivity contribution in [2.24, 2.45) is 0 Å². The van der Waals surface area contributed by atoms with Crippen LogP contribution in [-0.2, 0) is 9.47 Å². The average molecular weight is 415 g/mol. The van der Waals surface area contributed by atoms with E-state index >= 15 is 0 Å². The van der Waals surface area contributed by atoms with Crippen molar-refractivity contribution < 1.29 is 18.9 Å². The predicted molar refractivity (Wildman–Crippen MR) is 117 cm³/mol. The lowest BCUT2D eigenvalue weighted by Gasteiger charge is -2.18. The van der Waals surface area contributed by atoms with Gasteiger partial charge in [0.25, 0.3) is 0 Å². The highest BCUT2D eigenvalue weighted by Crippen LogP contribution is 2.35. The molecule has 0 aliphatic carbocycles. The lowest BCUT2D eigenvalue weighted by atomic mass is 10.1. The second kappa shape index (κ2) is 9.77. The summed E-state index contributed by atoms with van der Waals surface area (Å²) in [6.07, 6.45) is -0.328. The molecular weight excluding hydrogens is 384 g/mol. The van der Waals surface area contributed by atoms with Crippen LogP contribution in [0.2, 0.25) is 0 Å². The van der Waals surface area contributed by atoms with Crippen molar-refractivity contribution >= 4 is 11.5 Å².